The van der Waals surface area contributed by atoms with Crippen LogP contribution in [0.1, 0.15) is 11.5 Å². The van der Waals surface area contributed by atoms with Gasteiger partial charge in [0.2, 0.25) is 5.89 Å². The van der Waals surface area contributed by atoms with Gasteiger partial charge in [0.25, 0.3) is 0 Å². The fraction of sp³-hybridized carbons (Fsp3) is 0.167. The number of aliphatic imine (C=N–C) groups is 1. The first-order valence-corrected chi connectivity index (χ1v) is 9.33. The van der Waals surface area contributed by atoms with Gasteiger partial charge >= 0.3 is 5.63 Å². The van der Waals surface area contributed by atoms with Crippen molar-refractivity contribution in [1.82, 2.24) is 10.3 Å². The molecule has 1 aromatic carbocycles. The Morgan fingerprint density at radius 2 is 2.30 bits per heavy atom. The maximum Gasteiger partial charge on any atom is 0.347 e. The van der Waals surface area contributed by atoms with Crippen molar-refractivity contribution in [1.29, 1.82) is 0 Å². The Morgan fingerprint density at radius 1 is 1.52 bits per heavy atom. The van der Waals surface area contributed by atoms with E-state index in [2.05, 4.69) is 37.9 Å². The summed E-state index contributed by atoms with van der Waals surface area (Å²) in [6.45, 7) is 1.88. The van der Waals surface area contributed by atoms with Gasteiger partial charge in [-0.3, -0.25) is 0 Å². The van der Waals surface area contributed by atoms with Crippen molar-refractivity contribution in [3.8, 4) is 0 Å². The lowest BCUT2D eigenvalue weighted by molar-refractivity contribution is 0.288. The number of nitrogens with one attached hydrogen (secondary N) is 1. The summed E-state index contributed by atoms with van der Waals surface area (Å²) in [6, 6.07) is 3.66. The fourth-order valence-electron chi connectivity index (χ4n) is 2.46. The predicted molar refractivity (Wildman–Crippen MR) is 114 cm³/mol. The van der Waals surface area contributed by atoms with Crippen molar-refractivity contribution in [3.63, 3.8) is 0 Å². The number of nitrogens with zero attached hydrogens (tertiary/aromatic N) is 2. The maximum atomic E-state index is 12.5. The summed E-state index contributed by atoms with van der Waals surface area (Å²) >= 11 is 8.34. The summed E-state index contributed by atoms with van der Waals surface area (Å²) in [5.41, 5.74) is 6.89. The minimum absolute atomic E-state index is 0.0256. The van der Waals surface area contributed by atoms with E-state index in [0.29, 0.717) is 15.9 Å². The number of allylic oxidation sites excluding steroid dienone is 3. The second kappa shape index (κ2) is 8.13. The molecule has 0 amide bonds. The highest BCUT2D eigenvalue weighted by molar-refractivity contribution is 14.1. The quantitative estimate of drug-likeness (QED) is 0.382. The van der Waals surface area contributed by atoms with Crippen molar-refractivity contribution in [3.05, 3.63) is 72.9 Å². The van der Waals surface area contributed by atoms with Crippen molar-refractivity contribution >= 4 is 50.8 Å². The lowest BCUT2D eigenvalue weighted by Gasteiger charge is -2.16. The SMILES string of the molecule is CO/C(N)=C/C(=N/C1NC=CC=C1Cl)c1nc2c(C)cc(I)cc2c(=O)o1. The molecule has 0 radical (unpaired) electrons. The van der Waals surface area contributed by atoms with Crippen LogP contribution in [0.5, 0.6) is 0 Å². The van der Waals surface area contributed by atoms with E-state index in [1.54, 1.807) is 24.4 Å². The molecule has 0 saturated carbocycles. The Bertz CT molecular complexity index is 1070. The van der Waals surface area contributed by atoms with Crippen LogP contribution in [0.15, 0.2) is 61.7 Å². The van der Waals surface area contributed by atoms with E-state index in [-0.39, 0.29) is 17.5 Å². The van der Waals surface area contributed by atoms with Gasteiger partial charge in [0.15, 0.2) is 12.0 Å². The number of nitrogens with two attached hydrogens (primary N) is 1. The van der Waals surface area contributed by atoms with Gasteiger partial charge in [-0.25, -0.2) is 14.8 Å². The number of halogens is 2. The molecular formula is C18H16ClIN4O3. The van der Waals surface area contributed by atoms with Crippen molar-refractivity contribution in [2.75, 3.05) is 7.11 Å². The summed E-state index contributed by atoms with van der Waals surface area (Å²) in [7, 11) is 1.42. The van der Waals surface area contributed by atoms with Crippen LogP contribution < -0.4 is 16.7 Å². The van der Waals surface area contributed by atoms with Gasteiger partial charge in [-0.2, -0.15) is 0 Å². The molecule has 7 nitrogen and oxygen atoms in total. The molecule has 27 heavy (non-hydrogen) atoms. The van der Waals surface area contributed by atoms with E-state index >= 15 is 0 Å². The summed E-state index contributed by atoms with van der Waals surface area (Å²) in [4.78, 5) is 21.5. The number of aryl methyl sites for hydroxylation is 1. The second-order valence-corrected chi connectivity index (χ2v) is 7.35. The normalized spacial score (nSPS) is 17.6. The summed E-state index contributed by atoms with van der Waals surface area (Å²) in [5, 5.41) is 3.87. The number of hydrogen-bond donors (Lipinski definition) is 2. The first-order valence-electron chi connectivity index (χ1n) is 7.87. The van der Waals surface area contributed by atoms with Crippen LogP contribution in [0.3, 0.4) is 0 Å². The van der Waals surface area contributed by atoms with Crippen LogP contribution in [-0.2, 0) is 4.74 Å². The van der Waals surface area contributed by atoms with Crippen molar-refractivity contribution < 1.29 is 9.15 Å². The molecule has 3 N–H and O–H groups in total. The Balaban J connectivity index is 2.19. The zero-order valence-electron chi connectivity index (χ0n) is 14.5. The summed E-state index contributed by atoms with van der Waals surface area (Å²) in [5.74, 6) is 0.113. The standard InChI is InChI=1S/C18H16ClIN4O3/c1-9-6-10(20)7-11-15(9)24-17(27-18(11)25)13(8-14(21)26-2)23-16-12(19)4-3-5-22-16/h3-8,16,22H,21H2,1-2H3/b14-8+,23-13-. The van der Waals surface area contributed by atoms with Crippen LogP contribution >= 0.6 is 34.2 Å². The molecule has 0 aliphatic carbocycles. The third-order valence-corrected chi connectivity index (χ3v) is 4.71. The number of hydrogen-bond acceptors (Lipinski definition) is 7. The molecule has 1 unspecified atom stereocenters. The number of dihydropyridines is 1. The molecule has 1 atom stereocenters. The smallest absolute Gasteiger partial charge is 0.347 e. The number of rotatable bonds is 4. The lowest BCUT2D eigenvalue weighted by atomic mass is 10.1. The van der Waals surface area contributed by atoms with Gasteiger partial charge in [-0.1, -0.05) is 11.6 Å². The second-order valence-electron chi connectivity index (χ2n) is 5.67. The van der Waals surface area contributed by atoms with E-state index in [9.17, 15) is 4.79 Å². The summed E-state index contributed by atoms with van der Waals surface area (Å²) in [6.07, 6.45) is 6.05. The van der Waals surface area contributed by atoms with E-state index in [4.69, 9.17) is 26.5 Å². The molecule has 9 heteroatoms. The maximum absolute atomic E-state index is 12.5. The Hall–Kier alpha value is -2.33. The molecule has 2 heterocycles. The number of fused-ring (bicyclic) bond motifs is 1. The van der Waals surface area contributed by atoms with E-state index < -0.39 is 11.8 Å². The highest BCUT2D eigenvalue weighted by atomic mass is 127. The van der Waals surface area contributed by atoms with Gasteiger partial charge in [0.1, 0.15) is 5.71 Å². The minimum Gasteiger partial charge on any atom is -0.483 e. The molecule has 3 rings (SSSR count). The number of aromatic nitrogens is 1. The van der Waals surface area contributed by atoms with Gasteiger partial charge in [0, 0.05) is 9.65 Å². The van der Waals surface area contributed by atoms with E-state index in [1.807, 2.05) is 13.0 Å². The van der Waals surface area contributed by atoms with Gasteiger partial charge in [-0.05, 0) is 65.6 Å². The molecule has 140 valence electrons. The molecule has 0 bridgehead atoms. The zero-order valence-corrected chi connectivity index (χ0v) is 17.4. The van der Waals surface area contributed by atoms with E-state index in [0.717, 1.165) is 9.13 Å². The summed E-state index contributed by atoms with van der Waals surface area (Å²) < 4.78 is 11.3. The van der Waals surface area contributed by atoms with Crippen LogP contribution in [0.25, 0.3) is 10.9 Å². The van der Waals surface area contributed by atoms with Crippen molar-refractivity contribution in [2.45, 2.75) is 13.1 Å². The molecular weight excluding hydrogens is 483 g/mol. The van der Waals surface area contributed by atoms with Crippen LogP contribution in [0, 0.1) is 10.5 Å². The highest BCUT2D eigenvalue weighted by Gasteiger charge is 2.18. The van der Waals surface area contributed by atoms with Gasteiger partial charge < -0.3 is 20.2 Å². The highest BCUT2D eigenvalue weighted by Crippen LogP contribution is 2.19. The molecule has 1 aliphatic rings. The van der Waals surface area contributed by atoms with Crippen molar-refractivity contribution in [2.24, 2.45) is 10.7 Å². The Labute approximate surface area is 173 Å². The third kappa shape index (κ3) is 4.33. The predicted octanol–water partition coefficient (Wildman–Crippen LogP) is 2.90. The molecule has 1 aromatic heterocycles. The monoisotopic (exact) mass is 498 g/mol. The fourth-order valence-corrected chi connectivity index (χ4v) is 3.42. The first-order chi connectivity index (χ1) is 12.9. The first kappa shape index (κ1) is 19.4. The zero-order chi connectivity index (χ0) is 19.6. The largest absolute Gasteiger partial charge is 0.483 e. The van der Waals surface area contributed by atoms with Crippen LogP contribution in [-0.4, -0.2) is 24.0 Å². The minimum atomic E-state index is -0.562. The van der Waals surface area contributed by atoms with E-state index in [1.165, 1.54) is 13.2 Å². The average molecular weight is 499 g/mol. The Kier molecular flexibility index (Phi) is 5.85. The number of benzene rings is 1. The molecule has 0 saturated heterocycles. The average Bonchev–Trinajstić information content (AvgIpc) is 2.63. The molecule has 2 aromatic rings. The number of methoxy groups -OCH3 is 1. The van der Waals surface area contributed by atoms with Gasteiger partial charge in [0.05, 0.1) is 23.0 Å². The molecule has 1 aliphatic heterocycles. The topological polar surface area (TPSA) is 103 Å². The Morgan fingerprint density at radius 3 is 3.00 bits per heavy atom. The molecule has 0 fully saturated rings. The number of ether oxygens (including phenoxy) is 1. The van der Waals surface area contributed by atoms with Crippen LogP contribution in [0.2, 0.25) is 0 Å². The van der Waals surface area contributed by atoms with Crippen LogP contribution in [0.4, 0.5) is 0 Å². The van der Waals surface area contributed by atoms with Gasteiger partial charge in [-0.15, -0.1) is 0 Å². The third-order valence-electron chi connectivity index (χ3n) is 3.76. The lowest BCUT2D eigenvalue weighted by Crippen LogP contribution is -2.26. The molecule has 0 spiro atoms.